The maximum Gasteiger partial charge on any atom is 0.0800 e. The van der Waals surface area contributed by atoms with Crippen LogP contribution in [-0.2, 0) is 4.74 Å². The molecule has 1 atom stereocenters. The van der Waals surface area contributed by atoms with Gasteiger partial charge in [-0.15, -0.1) is 0 Å². The Morgan fingerprint density at radius 3 is 2.75 bits per heavy atom. The van der Waals surface area contributed by atoms with Crippen LogP contribution >= 0.6 is 0 Å². The first-order chi connectivity index (χ1) is 3.77. The minimum Gasteiger partial charge on any atom is -0.380 e. The molecular weight excluding hydrogens is 102 g/mol. The summed E-state index contributed by atoms with van der Waals surface area (Å²) in [7, 11) is 0. The van der Waals surface area contributed by atoms with E-state index >= 15 is 0 Å². The maximum absolute atomic E-state index is 8.50. The highest BCUT2D eigenvalue weighted by Gasteiger charge is 2.28. The highest BCUT2D eigenvalue weighted by atomic mass is 16.5. The second-order valence-electron chi connectivity index (χ2n) is 2.48. The highest BCUT2D eigenvalue weighted by molar-refractivity contribution is 4.97. The fourth-order valence-corrected chi connectivity index (χ4v) is 0.755. The largest absolute Gasteiger partial charge is 0.380 e. The molecule has 0 aromatic carbocycles. The second-order valence-corrected chi connectivity index (χ2v) is 2.48. The van der Waals surface area contributed by atoms with E-state index in [0.29, 0.717) is 6.61 Å². The summed E-state index contributed by atoms with van der Waals surface area (Å²) < 4.78 is 5.03. The van der Waals surface area contributed by atoms with E-state index in [0.717, 1.165) is 13.0 Å². The molecule has 0 amide bonds. The predicted molar refractivity (Wildman–Crippen MR) is 29.2 cm³/mol. The Labute approximate surface area is 49.1 Å². The average Bonchev–Trinajstić information content (AvgIpc) is 2.17. The molecule has 1 fully saturated rings. The third-order valence-electron chi connectivity index (χ3n) is 1.49. The summed E-state index contributed by atoms with van der Waals surface area (Å²) in [6, 6.07) is 2.22. The van der Waals surface area contributed by atoms with Gasteiger partial charge in [-0.2, -0.15) is 5.26 Å². The van der Waals surface area contributed by atoms with Crippen molar-refractivity contribution >= 4 is 0 Å². The topological polar surface area (TPSA) is 33.0 Å². The van der Waals surface area contributed by atoms with Crippen LogP contribution < -0.4 is 0 Å². The van der Waals surface area contributed by atoms with E-state index in [1.54, 1.807) is 0 Å². The van der Waals surface area contributed by atoms with Crippen molar-refractivity contribution in [1.29, 1.82) is 5.26 Å². The Bertz CT molecular complexity index is 119. The molecule has 0 spiro atoms. The summed E-state index contributed by atoms with van der Waals surface area (Å²) in [4.78, 5) is 0. The summed E-state index contributed by atoms with van der Waals surface area (Å²) >= 11 is 0. The van der Waals surface area contributed by atoms with E-state index in [1.165, 1.54) is 0 Å². The number of hydrogen-bond donors (Lipinski definition) is 0. The maximum atomic E-state index is 8.50. The van der Waals surface area contributed by atoms with E-state index in [-0.39, 0.29) is 5.41 Å². The summed E-state index contributed by atoms with van der Waals surface area (Å²) in [6.45, 7) is 3.30. The van der Waals surface area contributed by atoms with E-state index < -0.39 is 0 Å². The van der Waals surface area contributed by atoms with Gasteiger partial charge in [-0.05, 0) is 13.3 Å². The molecular formula is C6H9NO. The van der Waals surface area contributed by atoms with Crippen LogP contribution in [0.3, 0.4) is 0 Å². The summed E-state index contributed by atoms with van der Waals surface area (Å²) in [5.74, 6) is 0. The quantitative estimate of drug-likeness (QED) is 0.466. The number of ether oxygens (including phenoxy) is 1. The zero-order chi connectivity index (χ0) is 6.04. The molecule has 0 aromatic heterocycles. The molecule has 0 aliphatic carbocycles. The Hall–Kier alpha value is -0.550. The van der Waals surface area contributed by atoms with Crippen molar-refractivity contribution in [2.45, 2.75) is 13.3 Å². The van der Waals surface area contributed by atoms with Crippen LogP contribution in [0, 0.1) is 16.7 Å². The second kappa shape index (κ2) is 1.75. The zero-order valence-electron chi connectivity index (χ0n) is 4.98. The van der Waals surface area contributed by atoms with Crippen LogP contribution in [0.25, 0.3) is 0 Å². The van der Waals surface area contributed by atoms with Crippen LogP contribution in [0.2, 0.25) is 0 Å². The molecule has 1 aliphatic rings. The van der Waals surface area contributed by atoms with Gasteiger partial charge in [0.15, 0.2) is 0 Å². The lowest BCUT2D eigenvalue weighted by Crippen LogP contribution is -2.11. The third kappa shape index (κ3) is 0.823. The smallest absolute Gasteiger partial charge is 0.0800 e. The highest BCUT2D eigenvalue weighted by Crippen LogP contribution is 2.25. The molecule has 1 saturated heterocycles. The summed E-state index contributed by atoms with van der Waals surface area (Å²) in [6.07, 6.45) is 0.892. The van der Waals surface area contributed by atoms with E-state index in [4.69, 9.17) is 10.00 Å². The SMILES string of the molecule is CC1(C#N)CCOC1. The van der Waals surface area contributed by atoms with Crippen molar-refractivity contribution in [3.8, 4) is 6.07 Å². The first-order valence-corrected chi connectivity index (χ1v) is 2.76. The van der Waals surface area contributed by atoms with Gasteiger partial charge in [0.25, 0.3) is 0 Å². The van der Waals surface area contributed by atoms with Crippen LogP contribution in [0.5, 0.6) is 0 Å². The Morgan fingerprint density at radius 2 is 2.50 bits per heavy atom. The molecule has 1 rings (SSSR count). The van der Waals surface area contributed by atoms with E-state index in [1.807, 2.05) is 6.92 Å². The lowest BCUT2D eigenvalue weighted by Gasteiger charge is -2.07. The molecule has 0 N–H and O–H groups in total. The molecule has 44 valence electrons. The van der Waals surface area contributed by atoms with Gasteiger partial charge in [0.05, 0.1) is 18.1 Å². The lowest BCUT2D eigenvalue weighted by atomic mass is 9.93. The molecule has 1 heterocycles. The van der Waals surface area contributed by atoms with Gasteiger partial charge < -0.3 is 4.74 Å². The lowest BCUT2D eigenvalue weighted by molar-refractivity contribution is 0.176. The van der Waals surface area contributed by atoms with Crippen LogP contribution in [0.15, 0.2) is 0 Å². The van der Waals surface area contributed by atoms with Crippen molar-refractivity contribution in [3.63, 3.8) is 0 Å². The molecule has 1 unspecified atom stereocenters. The molecule has 2 heteroatoms. The standard InChI is InChI=1S/C6H9NO/c1-6(4-7)2-3-8-5-6/h2-3,5H2,1H3. The summed E-state index contributed by atoms with van der Waals surface area (Å²) in [5, 5.41) is 8.50. The molecule has 0 aromatic rings. The van der Waals surface area contributed by atoms with Gasteiger partial charge in [-0.1, -0.05) is 0 Å². The van der Waals surface area contributed by atoms with Crippen LogP contribution in [0.1, 0.15) is 13.3 Å². The summed E-state index contributed by atoms with van der Waals surface area (Å²) in [5.41, 5.74) is -0.181. The van der Waals surface area contributed by atoms with E-state index in [2.05, 4.69) is 6.07 Å². The van der Waals surface area contributed by atoms with Gasteiger partial charge in [-0.25, -0.2) is 0 Å². The number of nitriles is 1. The van der Waals surface area contributed by atoms with Gasteiger partial charge in [0.2, 0.25) is 0 Å². The molecule has 0 radical (unpaired) electrons. The fraction of sp³-hybridized carbons (Fsp3) is 0.833. The molecule has 0 bridgehead atoms. The van der Waals surface area contributed by atoms with Crippen LogP contribution in [-0.4, -0.2) is 13.2 Å². The third-order valence-corrected chi connectivity index (χ3v) is 1.49. The van der Waals surface area contributed by atoms with Crippen molar-refractivity contribution in [2.75, 3.05) is 13.2 Å². The number of hydrogen-bond acceptors (Lipinski definition) is 2. The van der Waals surface area contributed by atoms with Gasteiger partial charge in [-0.3, -0.25) is 0 Å². The monoisotopic (exact) mass is 111 g/mol. The Morgan fingerprint density at radius 1 is 1.75 bits per heavy atom. The molecule has 0 saturated carbocycles. The van der Waals surface area contributed by atoms with Gasteiger partial charge in [0.1, 0.15) is 0 Å². The van der Waals surface area contributed by atoms with E-state index in [9.17, 15) is 0 Å². The Kier molecular flexibility index (Phi) is 1.22. The first kappa shape index (κ1) is 5.58. The van der Waals surface area contributed by atoms with Crippen LogP contribution in [0.4, 0.5) is 0 Å². The molecule has 1 aliphatic heterocycles. The molecule has 8 heavy (non-hydrogen) atoms. The fourth-order valence-electron chi connectivity index (χ4n) is 0.755. The normalized spacial score (nSPS) is 37.0. The number of nitrogens with zero attached hydrogens (tertiary/aromatic N) is 1. The van der Waals surface area contributed by atoms with Gasteiger partial charge in [0, 0.05) is 6.61 Å². The minimum atomic E-state index is -0.181. The van der Waals surface area contributed by atoms with Crippen molar-refractivity contribution < 1.29 is 4.74 Å². The number of rotatable bonds is 0. The zero-order valence-corrected chi connectivity index (χ0v) is 4.98. The molecule has 2 nitrogen and oxygen atoms in total. The average molecular weight is 111 g/mol. The minimum absolute atomic E-state index is 0.181. The van der Waals surface area contributed by atoms with Crippen molar-refractivity contribution in [2.24, 2.45) is 5.41 Å². The first-order valence-electron chi connectivity index (χ1n) is 2.76. The van der Waals surface area contributed by atoms with Crippen molar-refractivity contribution in [1.82, 2.24) is 0 Å². The predicted octanol–water partition coefficient (Wildman–Crippen LogP) is 0.937. The van der Waals surface area contributed by atoms with Crippen molar-refractivity contribution in [3.05, 3.63) is 0 Å². The Balaban J connectivity index is 2.56. The van der Waals surface area contributed by atoms with Gasteiger partial charge >= 0.3 is 0 Å².